The van der Waals surface area contributed by atoms with Crippen LogP contribution in [0, 0.1) is 20.2 Å². The normalized spacial score (nSPS) is 40.6. The topological polar surface area (TPSA) is 393 Å². The maximum absolute atomic E-state index is 15.2. The molecule has 0 aromatic heterocycles. The number of carbonyl (C=O) groups is 4. The highest BCUT2D eigenvalue weighted by Gasteiger charge is 2.65. The minimum atomic E-state index is -2.06. The molecule has 10 rings (SSSR count). The van der Waals surface area contributed by atoms with Crippen LogP contribution >= 0.6 is 0 Å². The van der Waals surface area contributed by atoms with Gasteiger partial charge in [-0.05, 0) is 75.8 Å². The molecule has 30 nitrogen and oxygen atoms in total. The van der Waals surface area contributed by atoms with E-state index in [1.807, 2.05) is 4.90 Å². The highest BCUT2D eigenvalue weighted by atomic mass is 16.8. The molecule has 90 heavy (non-hydrogen) atoms. The highest BCUT2D eigenvalue weighted by molar-refractivity contribution is 6.31. The molecule has 5 saturated heterocycles. The van der Waals surface area contributed by atoms with Gasteiger partial charge in [-0.1, -0.05) is 6.07 Å². The van der Waals surface area contributed by atoms with Crippen LogP contribution in [0.3, 0.4) is 0 Å². The largest absolute Gasteiger partial charge is 0.507 e. The summed E-state index contributed by atoms with van der Waals surface area (Å²) in [6.07, 6.45) is -21.9. The summed E-state index contributed by atoms with van der Waals surface area (Å²) < 4.78 is 74.7. The molecule has 5 fully saturated rings. The molecule has 8 aliphatic rings. The van der Waals surface area contributed by atoms with Crippen molar-refractivity contribution >= 4 is 23.5 Å². The van der Waals surface area contributed by atoms with Crippen LogP contribution in [-0.4, -0.2) is 236 Å². The fourth-order valence-electron chi connectivity index (χ4n) is 14.7. The minimum absolute atomic E-state index is 0.0196. The molecule has 7 unspecified atom stereocenters. The summed E-state index contributed by atoms with van der Waals surface area (Å²) in [5.74, 6) is -5.35. The van der Waals surface area contributed by atoms with Crippen molar-refractivity contribution in [3.05, 3.63) is 71.3 Å². The number of benzene rings is 2. The number of phenols is 2. The number of carboxylic acids is 1. The number of hydrogen-bond donors (Lipinski definition) is 6. The van der Waals surface area contributed by atoms with Gasteiger partial charge in [-0.15, -0.1) is 0 Å². The number of aliphatic carboxylic acids is 1. The maximum atomic E-state index is 15.2. The van der Waals surface area contributed by atoms with Crippen molar-refractivity contribution in [1.29, 1.82) is 0 Å². The second kappa shape index (κ2) is 24.7. The molecule has 23 atom stereocenters. The zero-order chi connectivity index (χ0) is 65.9. The molecule has 0 radical (unpaired) electrons. The molecular weight excluding hydrogens is 1190 g/mol. The monoisotopic (exact) mass is 1270 g/mol. The molecule has 6 aliphatic heterocycles. The van der Waals surface area contributed by atoms with E-state index in [9.17, 15) is 60.1 Å². The van der Waals surface area contributed by atoms with Gasteiger partial charge in [-0.2, -0.15) is 0 Å². The Labute approximate surface area is 518 Å². The van der Waals surface area contributed by atoms with Crippen molar-refractivity contribution in [2.24, 2.45) is 0 Å². The number of fused-ring (bicyclic) bond motifs is 8. The van der Waals surface area contributed by atoms with Crippen LogP contribution < -0.4 is 4.74 Å². The van der Waals surface area contributed by atoms with E-state index < -0.39 is 221 Å². The van der Waals surface area contributed by atoms with Gasteiger partial charge in [0.25, 0.3) is 11.1 Å². The van der Waals surface area contributed by atoms with Gasteiger partial charge >= 0.3 is 11.9 Å². The minimum Gasteiger partial charge on any atom is -0.507 e. The summed E-state index contributed by atoms with van der Waals surface area (Å²) in [5, 5.41) is 94.8. The van der Waals surface area contributed by atoms with Crippen LogP contribution in [-0.2, 0) is 73.7 Å². The Hall–Kier alpha value is -5.68. The predicted octanol–water partition coefficient (Wildman–Crippen LogP) is 2.73. The lowest BCUT2D eigenvalue weighted by Gasteiger charge is -2.56. The third-order valence-electron chi connectivity index (χ3n) is 19.5. The first kappa shape index (κ1) is 67.2. The van der Waals surface area contributed by atoms with Crippen LogP contribution in [0.25, 0.3) is 0 Å². The molecule has 0 amide bonds. The summed E-state index contributed by atoms with van der Waals surface area (Å²) in [4.78, 5) is 82.6. The molecule has 2 aromatic rings. The smallest absolute Gasteiger partial charge is 0.306 e. The standard InChI is InChI=1S/C60H82N4O26/c1-24-45(68)31(61(9)10)18-36(80-24)84-33-21-57(5,74)20-29-40(33)48(71)42-43(47(29)70)49(72)41-28(46(42)69)14-15-30-52(41)89-56-50(73)44(62(11)12)55(60(30,8)90-56)88-39-23-59(7,64(77)78)54(27(4)83-39)87-38-22-58(6,63(75)76)53(26(3)82-38)86-37-19-32(79-13)51(25(2)81-37)85-35(67)17-16-34(65)66/h14-15,24-27,31-33,36-39,44-45,50-51,53-56,68,70-71,73-74H,16-23H2,1-13H3,(H,65,66)/t24-,25-,26-,27-,31+,32-,33?,36-,37-,38+,39+,44?,45-,50?,51+,53-,54-,55?,56?,57?,58+,59+,60?/m0/s1. The zero-order valence-electron chi connectivity index (χ0n) is 52.4. The first-order chi connectivity index (χ1) is 42.0. The number of carbonyl (C=O) groups excluding carboxylic acids is 3. The number of ketones is 2. The Morgan fingerprint density at radius 2 is 1.26 bits per heavy atom. The van der Waals surface area contributed by atoms with E-state index in [2.05, 4.69) is 0 Å². The molecule has 2 aliphatic carbocycles. The van der Waals surface area contributed by atoms with Gasteiger partial charge in [0, 0.05) is 84.8 Å². The van der Waals surface area contributed by atoms with E-state index in [1.165, 1.54) is 53.9 Å². The van der Waals surface area contributed by atoms with Crippen LogP contribution in [0.15, 0.2) is 12.1 Å². The number of methoxy groups -OCH3 is 1. The summed E-state index contributed by atoms with van der Waals surface area (Å²) in [6, 6.07) is 1.39. The number of likely N-dealkylation sites (N-methyl/N-ethyl adjacent to an activating group) is 2. The Balaban J connectivity index is 0.894. The first-order valence-corrected chi connectivity index (χ1v) is 30.2. The van der Waals surface area contributed by atoms with Crippen molar-refractivity contribution in [2.45, 2.75) is 246 Å². The average Bonchev–Trinajstić information content (AvgIpc) is 0.700. The van der Waals surface area contributed by atoms with Crippen LogP contribution in [0.5, 0.6) is 17.2 Å². The van der Waals surface area contributed by atoms with Crippen LogP contribution in [0.2, 0.25) is 0 Å². The molecule has 6 N–H and O–H groups in total. The van der Waals surface area contributed by atoms with Crippen LogP contribution in [0.1, 0.15) is 155 Å². The molecular formula is C60H82N4O26. The Morgan fingerprint density at radius 3 is 1.82 bits per heavy atom. The number of phenolic OH excluding ortho intramolecular Hbond substituents is 2. The lowest BCUT2D eigenvalue weighted by atomic mass is 9.72. The lowest BCUT2D eigenvalue weighted by Crippen LogP contribution is -2.70. The predicted molar refractivity (Wildman–Crippen MR) is 304 cm³/mol. The molecule has 498 valence electrons. The second-order valence-electron chi connectivity index (χ2n) is 26.5. The van der Waals surface area contributed by atoms with Gasteiger partial charge in [0.05, 0.1) is 90.6 Å². The molecule has 2 aromatic carbocycles. The van der Waals surface area contributed by atoms with Crippen molar-refractivity contribution in [2.75, 3.05) is 35.3 Å². The fraction of sp³-hybridized carbons (Fsp3) is 0.733. The molecule has 2 bridgehead atoms. The Kier molecular flexibility index (Phi) is 18.4. The van der Waals surface area contributed by atoms with Gasteiger partial charge in [0.2, 0.25) is 12.1 Å². The van der Waals surface area contributed by atoms with Crippen molar-refractivity contribution in [3.8, 4) is 17.2 Å². The number of carboxylic acid groups (broad SMARTS) is 1. The molecule has 0 spiro atoms. The van der Waals surface area contributed by atoms with Crippen LogP contribution in [0.4, 0.5) is 0 Å². The number of aliphatic hydroxyl groups excluding tert-OH is 2. The van der Waals surface area contributed by atoms with Gasteiger partial charge < -0.3 is 97.3 Å². The summed E-state index contributed by atoms with van der Waals surface area (Å²) in [6.45, 7) is 12.0. The average molecular weight is 1280 g/mol. The third-order valence-corrected chi connectivity index (χ3v) is 19.5. The van der Waals surface area contributed by atoms with Gasteiger partial charge in [-0.3, -0.25) is 39.4 Å². The summed E-state index contributed by atoms with van der Waals surface area (Å²) >= 11 is 0. The second-order valence-corrected chi connectivity index (χ2v) is 26.5. The van der Waals surface area contributed by atoms with E-state index in [1.54, 1.807) is 53.9 Å². The summed E-state index contributed by atoms with van der Waals surface area (Å²) in [7, 11) is 8.25. The number of aliphatic hydroxyl groups is 3. The third kappa shape index (κ3) is 11.7. The number of esters is 1. The number of nitrogens with zero attached hydrogens (tertiary/aromatic N) is 4. The van der Waals surface area contributed by atoms with E-state index >= 15 is 4.79 Å². The van der Waals surface area contributed by atoms with E-state index in [0.29, 0.717) is 0 Å². The first-order valence-electron chi connectivity index (χ1n) is 30.2. The number of nitro groups is 2. The Morgan fingerprint density at radius 1 is 0.700 bits per heavy atom. The zero-order valence-corrected chi connectivity index (χ0v) is 52.4. The van der Waals surface area contributed by atoms with E-state index in [4.69, 9.17) is 61.9 Å². The van der Waals surface area contributed by atoms with Gasteiger partial charge in [-0.25, -0.2) is 0 Å². The van der Waals surface area contributed by atoms with Gasteiger partial charge in [0.15, 0.2) is 49.3 Å². The number of rotatable bonds is 17. The maximum Gasteiger partial charge on any atom is 0.306 e. The molecule has 30 heteroatoms. The van der Waals surface area contributed by atoms with Gasteiger partial charge in [0.1, 0.15) is 41.2 Å². The summed E-state index contributed by atoms with van der Waals surface area (Å²) in [5.41, 5.74) is -8.90. The van der Waals surface area contributed by atoms with Crippen molar-refractivity contribution < 1.29 is 117 Å². The number of ether oxygens (including phenoxy) is 12. The SMILES string of the molecule is CO[C@H]1C[C@H](O[C@H]2[C@H](C)O[C@H](O[C@H]3[C@H](C)O[C@H](OC4C(N(C)C)C(O)C5Oc6c(ccc7c6C(=O)c6c(O)c8c(c(O)c6C7=O)C(O[C@H]6C[C@@H](N(C)C)[C@@H](O)[C@H](C)O6)CC(C)(O)C8)C4(C)O5)C[C@@]3(C)[N+](=O)[O-])C[C@@]2(C)[N+](=O)[O-])O[C@@H](C)[C@H]1OC(=O)CCC(=O)O. The lowest BCUT2D eigenvalue weighted by molar-refractivity contribution is -0.610. The quantitative estimate of drug-likeness (QED) is 0.0490. The Bertz CT molecular complexity index is 3160. The highest BCUT2D eigenvalue weighted by Crippen LogP contribution is 2.56. The van der Waals surface area contributed by atoms with E-state index in [0.717, 1.165) is 0 Å². The van der Waals surface area contributed by atoms with Crippen molar-refractivity contribution in [1.82, 2.24) is 9.80 Å². The molecule has 6 heterocycles. The number of hydrogen-bond acceptors (Lipinski definition) is 27. The van der Waals surface area contributed by atoms with E-state index in [-0.39, 0.29) is 59.3 Å². The molecule has 0 saturated carbocycles. The number of aromatic hydroxyl groups is 2. The van der Waals surface area contributed by atoms with Crippen molar-refractivity contribution in [3.63, 3.8) is 0 Å². The fourth-order valence-corrected chi connectivity index (χ4v) is 14.7.